The Morgan fingerprint density at radius 1 is 1.21 bits per heavy atom. The number of aryl methyl sites for hydroxylation is 2. The van der Waals surface area contributed by atoms with Gasteiger partial charge < -0.3 is 10.6 Å². The third-order valence-corrected chi connectivity index (χ3v) is 6.96. The van der Waals surface area contributed by atoms with Gasteiger partial charge in [-0.3, -0.25) is 14.3 Å². The molecular weight excluding hydrogens is 364 g/mol. The number of nitrogens with zero attached hydrogens (tertiary/aromatic N) is 2. The Morgan fingerprint density at radius 2 is 2.07 bits per heavy atom. The van der Waals surface area contributed by atoms with Crippen LogP contribution < -0.4 is 10.6 Å². The van der Waals surface area contributed by atoms with Gasteiger partial charge in [-0.15, -0.1) is 0 Å². The van der Waals surface area contributed by atoms with Gasteiger partial charge in [-0.05, 0) is 66.5 Å². The van der Waals surface area contributed by atoms with Crippen molar-refractivity contribution in [2.45, 2.75) is 76.3 Å². The summed E-state index contributed by atoms with van der Waals surface area (Å²) in [6, 6.07) is 8.19. The monoisotopic (exact) mass is 392 g/mol. The van der Waals surface area contributed by atoms with Crippen LogP contribution in [0.3, 0.4) is 0 Å². The lowest BCUT2D eigenvalue weighted by Gasteiger charge is -2.35. The van der Waals surface area contributed by atoms with Crippen LogP contribution in [-0.4, -0.2) is 21.6 Å². The van der Waals surface area contributed by atoms with E-state index in [0.29, 0.717) is 11.7 Å². The fourth-order valence-corrected chi connectivity index (χ4v) is 5.41. The highest BCUT2D eigenvalue weighted by molar-refractivity contribution is 6.39. The van der Waals surface area contributed by atoms with Crippen LogP contribution in [0.1, 0.15) is 80.3 Å². The number of amides is 2. The summed E-state index contributed by atoms with van der Waals surface area (Å²) >= 11 is 0. The molecule has 0 saturated heterocycles. The predicted octanol–water partition coefficient (Wildman–Crippen LogP) is 3.57. The van der Waals surface area contributed by atoms with E-state index in [0.717, 1.165) is 50.8 Å². The molecule has 1 aliphatic heterocycles. The molecule has 0 fully saturated rings. The van der Waals surface area contributed by atoms with E-state index < -0.39 is 11.8 Å². The minimum atomic E-state index is -0.642. The Hall–Kier alpha value is -2.63. The van der Waals surface area contributed by atoms with Crippen molar-refractivity contribution >= 4 is 17.6 Å². The first-order valence-electron chi connectivity index (χ1n) is 10.7. The zero-order chi connectivity index (χ0) is 20.2. The molecule has 0 bridgehead atoms. The molecule has 2 amide bonds. The highest BCUT2D eigenvalue weighted by Crippen LogP contribution is 2.52. The second-order valence-corrected chi connectivity index (χ2v) is 9.34. The summed E-state index contributed by atoms with van der Waals surface area (Å²) in [5.41, 5.74) is 5.26. The quantitative estimate of drug-likeness (QED) is 0.767. The Kier molecular flexibility index (Phi) is 4.26. The summed E-state index contributed by atoms with van der Waals surface area (Å²) in [5.74, 6) is -0.288. The minimum absolute atomic E-state index is 0.0997. The SMILES string of the molecule is CC1(C)CCC2CC(NC(=O)C(=O)Nc3cc4n(n3)CCCC4)c3cccc1c32. The number of fused-ring (bicyclic) bond motifs is 1. The van der Waals surface area contributed by atoms with Gasteiger partial charge >= 0.3 is 11.8 Å². The summed E-state index contributed by atoms with van der Waals surface area (Å²) in [6.45, 7) is 5.46. The lowest BCUT2D eigenvalue weighted by molar-refractivity contribution is -0.136. The van der Waals surface area contributed by atoms with Crippen LogP contribution in [0.2, 0.25) is 0 Å². The Morgan fingerprint density at radius 3 is 2.90 bits per heavy atom. The third kappa shape index (κ3) is 3.15. The molecule has 152 valence electrons. The molecule has 2 aromatic rings. The number of nitrogens with one attached hydrogen (secondary N) is 2. The molecule has 2 atom stereocenters. The average Bonchev–Trinajstić information content (AvgIpc) is 3.26. The number of aromatic nitrogens is 2. The summed E-state index contributed by atoms with van der Waals surface area (Å²) in [6.07, 6.45) is 6.37. The van der Waals surface area contributed by atoms with E-state index in [1.807, 2.05) is 10.7 Å². The van der Waals surface area contributed by atoms with Gasteiger partial charge in [0.15, 0.2) is 5.82 Å². The number of carbonyl (C=O) groups is 2. The summed E-state index contributed by atoms with van der Waals surface area (Å²) in [4.78, 5) is 25.1. The molecule has 2 aliphatic carbocycles. The van der Waals surface area contributed by atoms with Crippen molar-refractivity contribution in [3.63, 3.8) is 0 Å². The molecule has 0 saturated carbocycles. The van der Waals surface area contributed by atoms with Crippen LogP contribution >= 0.6 is 0 Å². The van der Waals surface area contributed by atoms with Crippen LogP contribution in [0.15, 0.2) is 24.3 Å². The van der Waals surface area contributed by atoms with Crippen molar-refractivity contribution < 1.29 is 9.59 Å². The van der Waals surface area contributed by atoms with Crippen LogP contribution in [0.5, 0.6) is 0 Å². The van der Waals surface area contributed by atoms with Crippen molar-refractivity contribution in [2.24, 2.45) is 0 Å². The molecule has 3 aliphatic rings. The van der Waals surface area contributed by atoms with E-state index in [2.05, 4.69) is 47.8 Å². The maximum Gasteiger partial charge on any atom is 0.314 e. The number of anilines is 1. The van der Waals surface area contributed by atoms with Gasteiger partial charge in [-0.2, -0.15) is 5.10 Å². The lowest BCUT2D eigenvalue weighted by Crippen LogP contribution is -2.37. The first kappa shape index (κ1) is 18.4. The number of carbonyl (C=O) groups excluding carboxylic acids is 2. The molecule has 1 aromatic carbocycles. The van der Waals surface area contributed by atoms with Gasteiger partial charge in [0.05, 0.1) is 6.04 Å². The van der Waals surface area contributed by atoms with Gasteiger partial charge in [-0.25, -0.2) is 0 Å². The first-order chi connectivity index (χ1) is 13.9. The first-order valence-corrected chi connectivity index (χ1v) is 10.7. The molecule has 2 N–H and O–H groups in total. The highest BCUT2D eigenvalue weighted by Gasteiger charge is 2.41. The van der Waals surface area contributed by atoms with Crippen LogP contribution in [0.25, 0.3) is 0 Å². The molecule has 0 radical (unpaired) electrons. The van der Waals surface area contributed by atoms with Crippen molar-refractivity contribution in [1.29, 1.82) is 0 Å². The fourth-order valence-electron chi connectivity index (χ4n) is 5.41. The summed E-state index contributed by atoms with van der Waals surface area (Å²) in [7, 11) is 0. The largest absolute Gasteiger partial charge is 0.341 e. The van der Waals surface area contributed by atoms with E-state index in [-0.39, 0.29) is 11.5 Å². The maximum atomic E-state index is 12.6. The van der Waals surface area contributed by atoms with Crippen molar-refractivity contribution in [3.05, 3.63) is 46.6 Å². The van der Waals surface area contributed by atoms with Crippen molar-refractivity contribution in [1.82, 2.24) is 15.1 Å². The molecule has 5 rings (SSSR count). The van der Waals surface area contributed by atoms with Crippen LogP contribution in [0.4, 0.5) is 5.82 Å². The van der Waals surface area contributed by atoms with E-state index in [1.54, 1.807) is 0 Å². The zero-order valence-corrected chi connectivity index (χ0v) is 17.1. The second-order valence-electron chi connectivity index (χ2n) is 9.34. The average molecular weight is 393 g/mol. The molecule has 2 unspecified atom stereocenters. The normalized spacial score (nSPS) is 23.8. The molecular formula is C23H28N4O2. The maximum absolute atomic E-state index is 12.6. The van der Waals surface area contributed by atoms with E-state index in [1.165, 1.54) is 16.7 Å². The molecule has 29 heavy (non-hydrogen) atoms. The number of hydrogen-bond acceptors (Lipinski definition) is 3. The smallest absolute Gasteiger partial charge is 0.314 e. The van der Waals surface area contributed by atoms with Gasteiger partial charge in [0.25, 0.3) is 0 Å². The lowest BCUT2D eigenvalue weighted by atomic mass is 9.69. The number of benzene rings is 1. The zero-order valence-electron chi connectivity index (χ0n) is 17.1. The van der Waals surface area contributed by atoms with Crippen molar-refractivity contribution in [2.75, 3.05) is 5.32 Å². The molecule has 6 nitrogen and oxygen atoms in total. The van der Waals surface area contributed by atoms with Gasteiger partial charge in [0.2, 0.25) is 0 Å². The molecule has 1 aromatic heterocycles. The van der Waals surface area contributed by atoms with Gasteiger partial charge in [0, 0.05) is 18.3 Å². The number of rotatable bonds is 2. The number of hydrogen-bond donors (Lipinski definition) is 2. The molecule has 6 heteroatoms. The summed E-state index contributed by atoms with van der Waals surface area (Å²) in [5, 5.41) is 10.1. The topological polar surface area (TPSA) is 76.0 Å². The van der Waals surface area contributed by atoms with Crippen molar-refractivity contribution in [3.8, 4) is 0 Å². The van der Waals surface area contributed by atoms with E-state index >= 15 is 0 Å². The van der Waals surface area contributed by atoms with Gasteiger partial charge in [0.1, 0.15) is 0 Å². The second kappa shape index (κ2) is 6.71. The van der Waals surface area contributed by atoms with Crippen LogP contribution in [-0.2, 0) is 28.0 Å². The summed E-state index contributed by atoms with van der Waals surface area (Å²) < 4.78 is 1.92. The van der Waals surface area contributed by atoms with Crippen LogP contribution in [0, 0.1) is 0 Å². The predicted molar refractivity (Wildman–Crippen MR) is 111 cm³/mol. The molecule has 0 spiro atoms. The third-order valence-electron chi connectivity index (χ3n) is 6.96. The van der Waals surface area contributed by atoms with E-state index in [9.17, 15) is 9.59 Å². The minimum Gasteiger partial charge on any atom is -0.341 e. The standard InChI is InChI=1S/C23H28N4O2/c1-23(2)10-9-14-12-18(16-7-5-8-17(23)20(14)16)24-21(28)22(29)25-19-13-15-6-3-4-11-27(15)26-19/h5,7-8,13-14,18H,3-4,6,9-12H2,1-2H3,(H,24,28)(H,25,26,29). The highest BCUT2D eigenvalue weighted by atomic mass is 16.2. The molecule has 2 heterocycles. The Balaban J connectivity index is 1.30. The Labute approximate surface area is 171 Å². The Bertz CT molecular complexity index is 967. The fraction of sp³-hybridized carbons (Fsp3) is 0.522. The van der Waals surface area contributed by atoms with Gasteiger partial charge in [-0.1, -0.05) is 32.0 Å². The van der Waals surface area contributed by atoms with E-state index in [4.69, 9.17) is 0 Å².